The van der Waals surface area contributed by atoms with Gasteiger partial charge in [0.2, 0.25) is 5.91 Å². The molecular formula is C26H25FN7O3Si. The number of nitrogens with one attached hydrogen (secondary N) is 1. The van der Waals surface area contributed by atoms with Crippen LogP contribution in [0.25, 0.3) is 11.0 Å². The summed E-state index contributed by atoms with van der Waals surface area (Å²) in [5.74, 6) is 4.32. The molecule has 1 aliphatic heterocycles. The molecule has 12 heteroatoms. The van der Waals surface area contributed by atoms with Crippen molar-refractivity contribution in [1.29, 1.82) is 0 Å². The molecule has 193 valence electrons. The molecule has 1 saturated heterocycles. The van der Waals surface area contributed by atoms with Crippen LogP contribution < -0.4 is 11.1 Å². The van der Waals surface area contributed by atoms with E-state index >= 15 is 4.39 Å². The minimum absolute atomic E-state index is 0.0443. The molecule has 1 atom stereocenters. The number of halogens is 1. The van der Waals surface area contributed by atoms with Crippen molar-refractivity contribution in [2.75, 3.05) is 26.0 Å². The van der Waals surface area contributed by atoms with Gasteiger partial charge in [0.1, 0.15) is 23.5 Å². The number of fused-ring (bicyclic) bond motifs is 1. The molecule has 1 aliphatic carbocycles. The van der Waals surface area contributed by atoms with Crippen molar-refractivity contribution >= 4 is 38.9 Å². The molecule has 2 amide bonds. The van der Waals surface area contributed by atoms with E-state index in [2.05, 4.69) is 44.1 Å². The number of anilines is 1. The number of benzene rings is 1. The predicted molar refractivity (Wildman–Crippen MR) is 140 cm³/mol. The monoisotopic (exact) mass is 530 g/mol. The molecule has 0 bridgehead atoms. The molecule has 38 heavy (non-hydrogen) atoms. The predicted octanol–water partition coefficient (Wildman–Crippen LogP) is 1.97. The van der Waals surface area contributed by atoms with Gasteiger partial charge in [0.25, 0.3) is 5.91 Å². The Balaban J connectivity index is 1.57. The van der Waals surface area contributed by atoms with E-state index in [1.165, 1.54) is 35.1 Å². The third-order valence-electron chi connectivity index (χ3n) is 6.63. The summed E-state index contributed by atoms with van der Waals surface area (Å²) in [4.78, 5) is 30.9. The fourth-order valence-corrected chi connectivity index (χ4v) is 5.22. The van der Waals surface area contributed by atoms with E-state index in [9.17, 15) is 9.59 Å². The molecule has 2 aromatic heterocycles. The maximum Gasteiger partial charge on any atom is 0.255 e. The molecule has 5 rings (SSSR count). The molecule has 0 unspecified atom stereocenters. The largest absolute Gasteiger partial charge is 0.503 e. The van der Waals surface area contributed by atoms with E-state index in [1.54, 1.807) is 19.4 Å². The van der Waals surface area contributed by atoms with Gasteiger partial charge in [-0.25, -0.2) is 14.1 Å². The van der Waals surface area contributed by atoms with Gasteiger partial charge < -0.3 is 25.3 Å². The van der Waals surface area contributed by atoms with Crippen LogP contribution >= 0.6 is 0 Å². The van der Waals surface area contributed by atoms with Crippen molar-refractivity contribution in [1.82, 2.24) is 24.2 Å². The average Bonchev–Trinajstić information content (AvgIpc) is 3.39. The van der Waals surface area contributed by atoms with Crippen LogP contribution in [-0.4, -0.2) is 67.0 Å². The highest BCUT2D eigenvalue weighted by molar-refractivity contribution is 6.15. The zero-order chi connectivity index (χ0) is 27.2. The number of nitrogens with two attached hydrogens (primary N) is 1. The van der Waals surface area contributed by atoms with Gasteiger partial charge >= 0.3 is 0 Å². The van der Waals surface area contributed by atoms with Crippen molar-refractivity contribution in [3.63, 3.8) is 0 Å². The lowest BCUT2D eigenvalue weighted by atomic mass is 10.1. The molecular weight excluding hydrogens is 505 g/mol. The van der Waals surface area contributed by atoms with Gasteiger partial charge in [0.05, 0.1) is 51.1 Å². The highest BCUT2D eigenvalue weighted by Crippen LogP contribution is 2.38. The summed E-state index contributed by atoms with van der Waals surface area (Å²) < 4.78 is 23.7. The number of methoxy groups -OCH3 is 1. The van der Waals surface area contributed by atoms with Crippen molar-refractivity contribution in [3.8, 4) is 11.8 Å². The van der Waals surface area contributed by atoms with E-state index in [-0.39, 0.29) is 35.7 Å². The zero-order valence-corrected chi connectivity index (χ0v) is 21.9. The highest BCUT2D eigenvalue weighted by Gasteiger charge is 2.44. The summed E-state index contributed by atoms with van der Waals surface area (Å²) in [6.07, 6.45) is 6.78. The lowest BCUT2D eigenvalue weighted by molar-refractivity contribution is -0.123. The molecule has 3 aromatic rings. The number of hydrogen-bond acceptors (Lipinski definition) is 6. The van der Waals surface area contributed by atoms with Gasteiger partial charge in [-0.15, -0.1) is 0 Å². The Kier molecular flexibility index (Phi) is 6.32. The van der Waals surface area contributed by atoms with E-state index in [0.717, 1.165) is 18.4 Å². The maximum atomic E-state index is 15.0. The third-order valence-corrected chi connectivity index (χ3v) is 7.17. The second-order valence-electron chi connectivity index (χ2n) is 9.23. The van der Waals surface area contributed by atoms with Crippen molar-refractivity contribution in [3.05, 3.63) is 65.7 Å². The summed E-state index contributed by atoms with van der Waals surface area (Å²) in [7, 11) is 6.87. The van der Waals surface area contributed by atoms with E-state index in [0.29, 0.717) is 23.1 Å². The Bertz CT molecular complexity index is 1580. The van der Waals surface area contributed by atoms with E-state index in [1.807, 2.05) is 4.57 Å². The first-order valence-corrected chi connectivity index (χ1v) is 12.4. The lowest BCUT2D eigenvalue weighted by Gasteiger charge is -2.26. The number of amides is 2. The lowest BCUT2D eigenvalue weighted by Crippen LogP contribution is -2.40. The number of primary amides is 1. The van der Waals surface area contributed by atoms with Gasteiger partial charge in [-0.3, -0.25) is 9.59 Å². The Hall–Kier alpha value is -4.37. The van der Waals surface area contributed by atoms with Gasteiger partial charge in [-0.05, 0) is 30.9 Å². The Morgan fingerprint density at radius 3 is 2.76 bits per heavy atom. The number of allylic oxidation sites excluding steroid dienone is 1. The molecule has 3 N–H and O–H groups in total. The molecule has 3 heterocycles. The van der Waals surface area contributed by atoms with Crippen molar-refractivity contribution in [2.45, 2.75) is 30.5 Å². The molecule has 10 nitrogen and oxygen atoms in total. The number of hydrogen-bond donors (Lipinski definition) is 2. The Morgan fingerprint density at radius 1 is 1.37 bits per heavy atom. The fraction of sp³-hybridized carbons (Fsp3) is 0.308. The number of ether oxygens (including phenoxy) is 1. The van der Waals surface area contributed by atoms with E-state index in [4.69, 9.17) is 10.5 Å². The number of rotatable bonds is 6. The average molecular weight is 531 g/mol. The number of imidazole rings is 1. The second kappa shape index (κ2) is 9.49. The molecule has 2 aliphatic rings. The number of nitrogens with zero attached hydrogens (tertiary/aromatic N) is 5. The quantitative estimate of drug-likeness (QED) is 0.218. The molecule has 0 spiro atoms. The zero-order valence-electron chi connectivity index (χ0n) is 20.9. The van der Waals surface area contributed by atoms with Crippen LogP contribution in [0.15, 0.2) is 43.1 Å². The van der Waals surface area contributed by atoms with E-state index < -0.39 is 16.9 Å². The molecule has 3 radical (unpaired) electrons. The summed E-state index contributed by atoms with van der Waals surface area (Å²) >= 11 is 0. The first-order chi connectivity index (χ1) is 18.2. The van der Waals surface area contributed by atoms with Gasteiger partial charge in [-0.2, -0.15) is 5.10 Å². The fourth-order valence-electron chi connectivity index (χ4n) is 4.72. The Morgan fingerprint density at radius 2 is 2.13 bits per heavy atom. The van der Waals surface area contributed by atoms with Crippen LogP contribution in [0, 0.1) is 17.7 Å². The minimum Gasteiger partial charge on any atom is -0.503 e. The first-order valence-electron chi connectivity index (χ1n) is 11.9. The first kappa shape index (κ1) is 25.3. The summed E-state index contributed by atoms with van der Waals surface area (Å²) in [6.45, 7) is 3.71. The van der Waals surface area contributed by atoms with Gasteiger partial charge in [0, 0.05) is 32.1 Å². The SMILES string of the molecule is C=CC(=O)N1C[C@@]([Si])(n2nc(C#Cc3cc4ncn(C5CC5)c4cc3F)c(C(N)=O)c2NC)C/C1=C\OC. The normalized spacial score (nSPS) is 19.9. The molecule has 1 aromatic carbocycles. The van der Waals surface area contributed by atoms with Gasteiger partial charge in [-0.1, -0.05) is 12.5 Å². The number of aromatic nitrogens is 4. The molecule has 2 fully saturated rings. The minimum atomic E-state index is -0.967. The van der Waals surface area contributed by atoms with Crippen LogP contribution in [0.3, 0.4) is 0 Å². The number of carbonyl (C=O) groups is 2. The number of carbonyl (C=O) groups excluding carboxylic acids is 2. The van der Waals surface area contributed by atoms with Gasteiger partial charge in [0.15, 0.2) is 5.69 Å². The topological polar surface area (TPSA) is 120 Å². The van der Waals surface area contributed by atoms with Crippen LogP contribution in [0.2, 0.25) is 0 Å². The number of likely N-dealkylation sites (tertiary alicyclic amines) is 1. The second-order valence-corrected chi connectivity index (χ2v) is 10.2. The van der Waals surface area contributed by atoms with Crippen LogP contribution in [0.4, 0.5) is 10.2 Å². The standard InChI is InChI=1S/C26H25FN7O3Si/c1-4-22(35)32-13-26(38,11-17(32)12-37-3)34-25(29-2)23(24(28)36)19(31-34)8-5-15-9-20-21(10-18(15)27)33(14-30-20)16-6-7-16/h4,9-10,12,14,16,29H,1,6-7,11,13H2,2-3H3,(H2,28,36)/b17-12+/t26-/m1/s1. The van der Waals surface area contributed by atoms with Crippen molar-refractivity contribution < 1.29 is 18.7 Å². The molecule has 1 saturated carbocycles. The summed E-state index contributed by atoms with van der Waals surface area (Å²) in [5.41, 5.74) is 7.88. The van der Waals surface area contributed by atoms with Crippen LogP contribution in [-0.2, 0) is 14.7 Å². The smallest absolute Gasteiger partial charge is 0.255 e. The van der Waals surface area contributed by atoms with Crippen LogP contribution in [0.5, 0.6) is 0 Å². The van der Waals surface area contributed by atoms with Crippen molar-refractivity contribution in [2.24, 2.45) is 5.73 Å². The highest BCUT2D eigenvalue weighted by atomic mass is 28.1. The summed E-state index contributed by atoms with van der Waals surface area (Å²) in [6, 6.07) is 3.37. The maximum absolute atomic E-state index is 15.0. The third kappa shape index (κ3) is 4.24. The summed E-state index contributed by atoms with van der Waals surface area (Å²) in [5, 5.41) is 6.57. The Labute approximate surface area is 221 Å². The van der Waals surface area contributed by atoms with Crippen LogP contribution in [0.1, 0.15) is 46.9 Å².